The number of aryl methyl sites for hydroxylation is 1. The molecule has 1 N–H and O–H groups in total. The number of carbonyl (C=O) groups is 3. The maximum absolute atomic E-state index is 13.4. The van der Waals surface area contributed by atoms with Crippen molar-refractivity contribution in [2.75, 3.05) is 11.5 Å². The molecule has 0 bridgehead atoms. The molecule has 172 valence electrons. The number of hydrogen-bond donors (Lipinski definition) is 1. The van der Waals surface area contributed by atoms with Crippen LogP contribution in [0.5, 0.6) is 0 Å². The van der Waals surface area contributed by atoms with Crippen molar-refractivity contribution in [3.8, 4) is 0 Å². The van der Waals surface area contributed by atoms with Crippen molar-refractivity contribution in [1.29, 1.82) is 0 Å². The first-order valence-electron chi connectivity index (χ1n) is 10.2. The molecular weight excluding hydrogens is 459 g/mol. The molecule has 0 radical (unpaired) electrons. The average Bonchev–Trinajstić information content (AvgIpc) is 3.35. The number of halogens is 1. The van der Waals surface area contributed by atoms with E-state index in [0.29, 0.717) is 11.3 Å². The lowest BCUT2D eigenvalue weighted by molar-refractivity contribution is -0.132. The molecule has 1 fully saturated rings. The second-order valence-corrected chi connectivity index (χ2v) is 8.36. The third-order valence-electron chi connectivity index (χ3n) is 5.19. The summed E-state index contributed by atoms with van der Waals surface area (Å²) >= 11 is 0.910. The molecule has 3 aromatic rings. The molecule has 4 rings (SSSR count). The first-order valence-corrected chi connectivity index (χ1v) is 11.0. The molecule has 2 heterocycles. The lowest BCUT2D eigenvalue weighted by atomic mass is 9.95. The van der Waals surface area contributed by atoms with Crippen LogP contribution in [0.2, 0.25) is 0 Å². The molecule has 1 atom stereocenters. The van der Waals surface area contributed by atoms with Crippen molar-refractivity contribution in [3.05, 3.63) is 100 Å². The monoisotopic (exact) mass is 478 g/mol. The summed E-state index contributed by atoms with van der Waals surface area (Å²) in [7, 11) is 0. The molecule has 1 saturated heterocycles. The summed E-state index contributed by atoms with van der Waals surface area (Å²) in [5, 5.41) is 11.1. The Labute approximate surface area is 198 Å². The molecule has 34 heavy (non-hydrogen) atoms. The normalized spacial score (nSPS) is 17.1. The van der Waals surface area contributed by atoms with Crippen molar-refractivity contribution in [3.63, 3.8) is 0 Å². The molecule has 0 saturated carbocycles. The van der Waals surface area contributed by atoms with Gasteiger partial charge in [-0.2, -0.15) is 0 Å². The highest BCUT2D eigenvalue weighted by atomic mass is 32.1. The van der Waals surface area contributed by atoms with Crippen LogP contribution in [0.25, 0.3) is 5.76 Å². The number of aliphatic hydroxyl groups excluding tert-OH is 1. The van der Waals surface area contributed by atoms with E-state index in [4.69, 9.17) is 4.74 Å². The lowest BCUT2D eigenvalue weighted by Crippen LogP contribution is -2.29. The van der Waals surface area contributed by atoms with E-state index in [-0.39, 0.29) is 27.8 Å². The van der Waals surface area contributed by atoms with Gasteiger partial charge in [0.25, 0.3) is 5.78 Å². The Morgan fingerprint density at radius 1 is 1.21 bits per heavy atom. The van der Waals surface area contributed by atoms with Crippen molar-refractivity contribution >= 4 is 39.9 Å². The predicted molar refractivity (Wildman–Crippen MR) is 125 cm³/mol. The molecule has 1 amide bonds. The molecule has 7 nitrogen and oxygen atoms in total. The van der Waals surface area contributed by atoms with Crippen LogP contribution in [0.1, 0.15) is 32.5 Å². The van der Waals surface area contributed by atoms with Gasteiger partial charge in [0, 0.05) is 5.56 Å². The highest BCUT2D eigenvalue weighted by molar-refractivity contribution is 7.17. The number of aromatic nitrogens is 1. The van der Waals surface area contributed by atoms with Gasteiger partial charge < -0.3 is 9.84 Å². The van der Waals surface area contributed by atoms with Crippen molar-refractivity contribution in [2.24, 2.45) is 0 Å². The number of ketones is 1. The van der Waals surface area contributed by atoms with Crippen molar-refractivity contribution < 1.29 is 28.6 Å². The summed E-state index contributed by atoms with van der Waals surface area (Å²) in [6, 6.07) is 12.6. The van der Waals surface area contributed by atoms with Gasteiger partial charge in [-0.3, -0.25) is 14.5 Å². The Balaban J connectivity index is 1.86. The number of amides is 1. The molecule has 0 aliphatic carbocycles. The molecule has 1 aliphatic heterocycles. The second kappa shape index (κ2) is 9.40. The molecule has 2 aromatic carbocycles. The number of esters is 1. The number of benzene rings is 2. The minimum atomic E-state index is -1.01. The molecule has 1 unspecified atom stereocenters. The van der Waals surface area contributed by atoms with Gasteiger partial charge in [0.15, 0.2) is 5.13 Å². The van der Waals surface area contributed by atoms with Gasteiger partial charge in [-0.05, 0) is 36.8 Å². The number of anilines is 1. The van der Waals surface area contributed by atoms with Gasteiger partial charge in [-0.1, -0.05) is 54.3 Å². The number of ether oxygens (including phenoxy) is 1. The van der Waals surface area contributed by atoms with Crippen LogP contribution >= 0.6 is 11.3 Å². The van der Waals surface area contributed by atoms with Crippen LogP contribution in [0, 0.1) is 12.7 Å². The Morgan fingerprint density at radius 2 is 1.88 bits per heavy atom. The number of hydrogen-bond acceptors (Lipinski definition) is 7. The van der Waals surface area contributed by atoms with Gasteiger partial charge in [-0.25, -0.2) is 14.2 Å². The molecule has 0 spiro atoms. The third kappa shape index (κ3) is 4.13. The predicted octanol–water partition coefficient (Wildman–Crippen LogP) is 4.56. The molecular formula is C25H19FN2O5S. The Hall–Kier alpha value is -4.11. The quantitative estimate of drug-likeness (QED) is 0.183. The van der Waals surface area contributed by atoms with E-state index >= 15 is 0 Å². The highest BCUT2D eigenvalue weighted by Gasteiger charge is 2.48. The van der Waals surface area contributed by atoms with Crippen molar-refractivity contribution in [1.82, 2.24) is 4.98 Å². The third-order valence-corrected chi connectivity index (χ3v) is 6.32. The fourth-order valence-electron chi connectivity index (χ4n) is 3.62. The Kier molecular flexibility index (Phi) is 6.38. The van der Waals surface area contributed by atoms with Crippen LogP contribution < -0.4 is 4.90 Å². The number of carbonyl (C=O) groups excluding carboxylic acids is 3. The van der Waals surface area contributed by atoms with Gasteiger partial charge in [0.1, 0.15) is 23.1 Å². The SMILES string of the molecule is C=CCOC(=O)c1sc(N2C(=O)C(=O)C(=C(O)c3ccc(F)cc3)C2c2ccccc2)nc1C. The first-order chi connectivity index (χ1) is 16.3. The zero-order valence-corrected chi connectivity index (χ0v) is 18.8. The largest absolute Gasteiger partial charge is 0.507 e. The first kappa shape index (κ1) is 23.1. The van der Waals surface area contributed by atoms with Gasteiger partial charge >= 0.3 is 11.9 Å². The Morgan fingerprint density at radius 3 is 2.53 bits per heavy atom. The van der Waals surface area contributed by atoms with Gasteiger partial charge in [-0.15, -0.1) is 0 Å². The van der Waals surface area contributed by atoms with Crippen LogP contribution in [0.3, 0.4) is 0 Å². The fourth-order valence-corrected chi connectivity index (χ4v) is 4.61. The number of nitrogens with zero attached hydrogens (tertiary/aromatic N) is 2. The van der Waals surface area contributed by atoms with E-state index in [1.54, 1.807) is 37.3 Å². The molecule has 1 aliphatic rings. The fraction of sp³-hybridized carbons (Fsp3) is 0.120. The van der Waals surface area contributed by atoms with E-state index in [9.17, 15) is 23.9 Å². The van der Waals surface area contributed by atoms with E-state index in [2.05, 4.69) is 11.6 Å². The summed E-state index contributed by atoms with van der Waals surface area (Å²) < 4.78 is 18.5. The summed E-state index contributed by atoms with van der Waals surface area (Å²) in [4.78, 5) is 44.4. The number of aliphatic hydroxyl groups is 1. The molecule has 1 aromatic heterocycles. The maximum atomic E-state index is 13.4. The summed E-state index contributed by atoms with van der Waals surface area (Å²) in [6.07, 6.45) is 1.43. The number of thiazole rings is 1. The van der Waals surface area contributed by atoms with Gasteiger partial charge in [0.05, 0.1) is 17.3 Å². The smallest absolute Gasteiger partial charge is 0.350 e. The highest BCUT2D eigenvalue weighted by Crippen LogP contribution is 2.43. The second-order valence-electron chi connectivity index (χ2n) is 7.38. The molecule has 9 heteroatoms. The zero-order valence-electron chi connectivity index (χ0n) is 18.0. The van der Waals surface area contributed by atoms with Crippen molar-refractivity contribution in [2.45, 2.75) is 13.0 Å². The zero-order chi connectivity index (χ0) is 24.4. The topological polar surface area (TPSA) is 96.8 Å². The Bertz CT molecular complexity index is 1310. The van der Waals surface area contributed by atoms with Crippen LogP contribution in [0.15, 0.2) is 72.8 Å². The van der Waals surface area contributed by atoms with E-state index in [0.717, 1.165) is 28.4 Å². The summed E-state index contributed by atoms with van der Waals surface area (Å²) in [5.74, 6) is -3.39. The summed E-state index contributed by atoms with van der Waals surface area (Å²) in [5.41, 5.74) is 0.908. The van der Waals surface area contributed by atoms with E-state index in [1.165, 1.54) is 18.2 Å². The minimum absolute atomic E-state index is 0.0116. The van der Waals surface area contributed by atoms with E-state index in [1.807, 2.05) is 0 Å². The van der Waals surface area contributed by atoms with Gasteiger partial charge in [0.2, 0.25) is 0 Å². The van der Waals surface area contributed by atoms with Crippen LogP contribution in [-0.4, -0.2) is 34.4 Å². The summed E-state index contributed by atoms with van der Waals surface area (Å²) in [6.45, 7) is 5.11. The lowest BCUT2D eigenvalue weighted by Gasteiger charge is -2.22. The maximum Gasteiger partial charge on any atom is 0.350 e. The average molecular weight is 479 g/mol. The number of rotatable bonds is 6. The number of Topliss-reactive ketones (excluding diaryl/α,β-unsaturated/α-hetero) is 1. The standard InChI is InChI=1S/C25H19FN2O5S/c1-3-13-33-24(32)22-14(2)27-25(34-22)28-19(15-7-5-4-6-8-15)18(21(30)23(28)31)20(29)16-9-11-17(26)12-10-16/h3-12,19,29H,1,13H2,2H3. The minimum Gasteiger partial charge on any atom is -0.507 e. The van der Waals surface area contributed by atoms with E-state index < -0.39 is 35.3 Å². The van der Waals surface area contributed by atoms with Crippen LogP contribution in [-0.2, 0) is 14.3 Å². The van der Waals surface area contributed by atoms with Crippen LogP contribution in [0.4, 0.5) is 9.52 Å².